The molecule has 100 valence electrons. The summed E-state index contributed by atoms with van der Waals surface area (Å²) in [5.74, 6) is -0.391. The molecule has 1 aliphatic heterocycles. The van der Waals surface area contributed by atoms with E-state index in [9.17, 15) is 14.6 Å². The summed E-state index contributed by atoms with van der Waals surface area (Å²) in [6.45, 7) is -0.287. The minimum atomic E-state index is -1.20. The number of hydrogen-bond donors (Lipinski definition) is 4. The SMILES string of the molecule is OC[C@H]1OC[C@@H](Nc2cccc(F)n2)[C@@H](O)[C@H]1O. The minimum absolute atomic E-state index is 0.0850. The van der Waals surface area contributed by atoms with Gasteiger partial charge in [-0.2, -0.15) is 4.39 Å². The molecular formula is C11H15FN2O4. The summed E-state index contributed by atoms with van der Waals surface area (Å²) in [6, 6.07) is 3.61. The second-order valence-corrected chi connectivity index (χ2v) is 4.13. The molecule has 0 spiro atoms. The van der Waals surface area contributed by atoms with E-state index >= 15 is 0 Å². The van der Waals surface area contributed by atoms with Gasteiger partial charge in [-0.05, 0) is 12.1 Å². The van der Waals surface area contributed by atoms with E-state index in [0.717, 1.165) is 0 Å². The minimum Gasteiger partial charge on any atom is -0.394 e. The van der Waals surface area contributed by atoms with Crippen molar-refractivity contribution in [1.29, 1.82) is 0 Å². The van der Waals surface area contributed by atoms with Gasteiger partial charge in [-0.3, -0.25) is 0 Å². The summed E-state index contributed by atoms with van der Waals surface area (Å²) >= 11 is 0. The molecule has 0 radical (unpaired) electrons. The molecule has 0 aliphatic carbocycles. The zero-order valence-electron chi connectivity index (χ0n) is 9.53. The summed E-state index contributed by atoms with van der Waals surface area (Å²) in [6.07, 6.45) is -3.13. The lowest BCUT2D eigenvalue weighted by Gasteiger charge is -2.37. The molecule has 0 saturated carbocycles. The molecule has 4 atom stereocenters. The van der Waals surface area contributed by atoms with Gasteiger partial charge >= 0.3 is 0 Å². The topological polar surface area (TPSA) is 94.8 Å². The number of nitrogens with zero attached hydrogens (tertiary/aromatic N) is 1. The highest BCUT2D eigenvalue weighted by Gasteiger charge is 2.38. The summed E-state index contributed by atoms with van der Waals surface area (Å²) in [5, 5.41) is 31.2. The summed E-state index contributed by atoms with van der Waals surface area (Å²) in [7, 11) is 0. The first kappa shape index (κ1) is 13.2. The largest absolute Gasteiger partial charge is 0.394 e. The number of rotatable bonds is 3. The van der Waals surface area contributed by atoms with Crippen molar-refractivity contribution < 1.29 is 24.4 Å². The lowest BCUT2D eigenvalue weighted by atomic mass is 9.98. The number of aromatic nitrogens is 1. The van der Waals surface area contributed by atoms with Gasteiger partial charge in [-0.15, -0.1) is 0 Å². The van der Waals surface area contributed by atoms with E-state index in [2.05, 4.69) is 10.3 Å². The van der Waals surface area contributed by atoms with Crippen LogP contribution in [0.15, 0.2) is 18.2 Å². The Morgan fingerprint density at radius 1 is 1.39 bits per heavy atom. The fourth-order valence-corrected chi connectivity index (χ4v) is 1.85. The average Bonchev–Trinajstić information content (AvgIpc) is 2.35. The number of halogens is 1. The molecule has 0 bridgehead atoms. The molecule has 4 N–H and O–H groups in total. The lowest BCUT2D eigenvalue weighted by molar-refractivity contribution is -0.152. The summed E-state index contributed by atoms with van der Waals surface area (Å²) in [5.41, 5.74) is 0. The van der Waals surface area contributed by atoms with Crippen LogP contribution in [0.1, 0.15) is 0 Å². The molecule has 7 heteroatoms. The van der Waals surface area contributed by atoms with E-state index in [1.165, 1.54) is 12.1 Å². The van der Waals surface area contributed by atoms with Crippen LogP contribution >= 0.6 is 0 Å². The Morgan fingerprint density at radius 2 is 2.17 bits per heavy atom. The van der Waals surface area contributed by atoms with Gasteiger partial charge in [-0.25, -0.2) is 4.98 Å². The van der Waals surface area contributed by atoms with Crippen LogP contribution in [0.3, 0.4) is 0 Å². The van der Waals surface area contributed by atoms with Gasteiger partial charge < -0.3 is 25.4 Å². The molecular weight excluding hydrogens is 243 g/mol. The molecule has 1 fully saturated rings. The highest BCUT2D eigenvalue weighted by molar-refractivity contribution is 5.35. The van der Waals surface area contributed by atoms with Crippen LogP contribution in [0.5, 0.6) is 0 Å². The lowest BCUT2D eigenvalue weighted by Crippen LogP contribution is -2.56. The van der Waals surface area contributed by atoms with Crippen LogP contribution in [0.2, 0.25) is 0 Å². The van der Waals surface area contributed by atoms with Crippen molar-refractivity contribution in [3.63, 3.8) is 0 Å². The zero-order chi connectivity index (χ0) is 13.1. The van der Waals surface area contributed by atoms with Crippen LogP contribution in [-0.2, 0) is 4.74 Å². The van der Waals surface area contributed by atoms with E-state index < -0.39 is 30.3 Å². The van der Waals surface area contributed by atoms with E-state index in [1.54, 1.807) is 6.07 Å². The summed E-state index contributed by atoms with van der Waals surface area (Å²) < 4.78 is 18.1. The summed E-state index contributed by atoms with van der Waals surface area (Å²) in [4.78, 5) is 3.59. The third-order valence-electron chi connectivity index (χ3n) is 2.86. The van der Waals surface area contributed by atoms with Crippen molar-refractivity contribution in [2.75, 3.05) is 18.5 Å². The average molecular weight is 258 g/mol. The third kappa shape index (κ3) is 2.75. The Morgan fingerprint density at radius 3 is 2.83 bits per heavy atom. The van der Waals surface area contributed by atoms with Gasteiger partial charge in [0, 0.05) is 0 Å². The monoisotopic (exact) mass is 258 g/mol. The van der Waals surface area contributed by atoms with Crippen LogP contribution in [0.4, 0.5) is 10.2 Å². The molecule has 0 aromatic carbocycles. The quantitative estimate of drug-likeness (QED) is 0.526. The van der Waals surface area contributed by atoms with Crippen molar-refractivity contribution in [1.82, 2.24) is 4.98 Å². The number of aliphatic hydroxyl groups excluding tert-OH is 3. The maximum absolute atomic E-state index is 12.9. The normalized spacial score (nSPS) is 32.2. The number of hydrogen-bond acceptors (Lipinski definition) is 6. The van der Waals surface area contributed by atoms with Crippen LogP contribution in [-0.4, -0.2) is 57.9 Å². The van der Waals surface area contributed by atoms with E-state index in [4.69, 9.17) is 9.84 Å². The second-order valence-electron chi connectivity index (χ2n) is 4.13. The van der Waals surface area contributed by atoms with E-state index in [0.29, 0.717) is 0 Å². The molecule has 2 heterocycles. The molecule has 1 aliphatic rings. The van der Waals surface area contributed by atoms with Crippen molar-refractivity contribution in [2.45, 2.75) is 24.4 Å². The van der Waals surface area contributed by atoms with E-state index in [1.807, 2.05) is 0 Å². The standard InChI is InChI=1S/C11H15FN2O4/c12-8-2-1-3-9(14-8)13-6-5-18-7(4-15)11(17)10(6)16/h1-3,6-7,10-11,15-17H,4-5H2,(H,13,14)/t6-,7-,10-,11+/m1/s1. The predicted molar refractivity (Wildman–Crippen MR) is 60.4 cm³/mol. The van der Waals surface area contributed by atoms with Gasteiger partial charge in [-0.1, -0.05) is 6.07 Å². The Hall–Kier alpha value is -1.28. The highest BCUT2D eigenvalue weighted by atomic mass is 19.1. The molecule has 1 aromatic rings. The maximum Gasteiger partial charge on any atom is 0.214 e. The Labute approximate surface area is 103 Å². The van der Waals surface area contributed by atoms with Crippen molar-refractivity contribution in [3.8, 4) is 0 Å². The number of aliphatic hydroxyl groups is 3. The maximum atomic E-state index is 12.9. The molecule has 2 rings (SSSR count). The fourth-order valence-electron chi connectivity index (χ4n) is 1.85. The number of ether oxygens (including phenoxy) is 1. The van der Waals surface area contributed by atoms with Gasteiger partial charge in [0.25, 0.3) is 0 Å². The molecule has 6 nitrogen and oxygen atoms in total. The smallest absolute Gasteiger partial charge is 0.214 e. The fraction of sp³-hybridized carbons (Fsp3) is 0.545. The number of pyridine rings is 1. The van der Waals surface area contributed by atoms with Crippen molar-refractivity contribution >= 4 is 5.82 Å². The first-order chi connectivity index (χ1) is 8.61. The van der Waals surface area contributed by atoms with Gasteiger partial charge in [0.15, 0.2) is 0 Å². The second kappa shape index (κ2) is 5.57. The van der Waals surface area contributed by atoms with Gasteiger partial charge in [0.2, 0.25) is 5.95 Å². The van der Waals surface area contributed by atoms with Crippen LogP contribution in [0, 0.1) is 5.95 Å². The first-order valence-corrected chi connectivity index (χ1v) is 5.59. The number of nitrogens with one attached hydrogen (secondary N) is 1. The first-order valence-electron chi connectivity index (χ1n) is 5.59. The Bertz CT molecular complexity index is 406. The Kier molecular flexibility index (Phi) is 4.07. The predicted octanol–water partition coefficient (Wildman–Crippen LogP) is -0.886. The van der Waals surface area contributed by atoms with E-state index in [-0.39, 0.29) is 19.0 Å². The van der Waals surface area contributed by atoms with Crippen LogP contribution < -0.4 is 5.32 Å². The van der Waals surface area contributed by atoms with Gasteiger partial charge in [0.1, 0.15) is 24.1 Å². The van der Waals surface area contributed by atoms with Crippen LogP contribution in [0.25, 0.3) is 0 Å². The number of anilines is 1. The molecule has 0 amide bonds. The third-order valence-corrected chi connectivity index (χ3v) is 2.86. The van der Waals surface area contributed by atoms with Crippen molar-refractivity contribution in [3.05, 3.63) is 24.1 Å². The highest BCUT2D eigenvalue weighted by Crippen LogP contribution is 2.18. The zero-order valence-corrected chi connectivity index (χ0v) is 9.53. The molecule has 1 saturated heterocycles. The molecule has 0 unspecified atom stereocenters. The Balaban J connectivity index is 2.02. The van der Waals surface area contributed by atoms with Crippen molar-refractivity contribution in [2.24, 2.45) is 0 Å². The molecule has 18 heavy (non-hydrogen) atoms. The van der Waals surface area contributed by atoms with Gasteiger partial charge in [0.05, 0.1) is 19.3 Å². The molecule has 1 aromatic heterocycles.